The van der Waals surface area contributed by atoms with Gasteiger partial charge in [-0.2, -0.15) is 5.26 Å². The molecule has 54 valence electrons. The van der Waals surface area contributed by atoms with Crippen molar-refractivity contribution in [2.75, 3.05) is 0 Å². The summed E-state index contributed by atoms with van der Waals surface area (Å²) in [6.07, 6.45) is 3.57. The minimum Gasteiger partial charge on any atom is -0.366 e. The molecule has 2 fully saturated rings. The molecule has 0 aromatic rings. The molecule has 0 aromatic carbocycles. The van der Waals surface area contributed by atoms with Crippen LogP contribution in [0.15, 0.2) is 0 Å². The Hall–Kier alpha value is -0.550. The minimum atomic E-state index is 0.0959. The first-order valence-electron chi connectivity index (χ1n) is 3.82. The Morgan fingerprint density at radius 3 is 3.00 bits per heavy atom. The number of nitrogens with zero attached hydrogens (tertiary/aromatic N) is 1. The maximum absolute atomic E-state index is 8.64. The van der Waals surface area contributed by atoms with Crippen molar-refractivity contribution in [2.24, 2.45) is 5.92 Å². The van der Waals surface area contributed by atoms with Gasteiger partial charge in [-0.1, -0.05) is 0 Å². The molecule has 0 N–H and O–H groups in total. The Bertz CT molecular complexity index is 196. The van der Waals surface area contributed by atoms with Crippen molar-refractivity contribution < 1.29 is 4.74 Å². The van der Waals surface area contributed by atoms with E-state index in [9.17, 15) is 0 Å². The van der Waals surface area contributed by atoms with Crippen LogP contribution in [0, 0.1) is 17.2 Å². The van der Waals surface area contributed by atoms with E-state index >= 15 is 0 Å². The van der Waals surface area contributed by atoms with Crippen LogP contribution in [0.2, 0.25) is 0 Å². The maximum atomic E-state index is 8.64. The van der Waals surface area contributed by atoms with Gasteiger partial charge in [0.05, 0.1) is 17.8 Å². The molecule has 3 unspecified atom stereocenters. The van der Waals surface area contributed by atoms with Gasteiger partial charge in [-0.25, -0.2) is 0 Å². The van der Waals surface area contributed by atoms with Crippen molar-refractivity contribution in [1.29, 1.82) is 5.26 Å². The Labute approximate surface area is 60.8 Å². The van der Waals surface area contributed by atoms with Gasteiger partial charge in [0.25, 0.3) is 0 Å². The number of nitriles is 1. The number of hydrogen-bond donors (Lipinski definition) is 0. The highest BCUT2D eigenvalue weighted by molar-refractivity contribution is 5.07. The van der Waals surface area contributed by atoms with Crippen LogP contribution in [0.4, 0.5) is 0 Å². The molecule has 10 heavy (non-hydrogen) atoms. The molecule has 0 aromatic heterocycles. The number of rotatable bonds is 0. The molecule has 0 spiro atoms. The molecule has 0 radical (unpaired) electrons. The fourth-order valence-electron chi connectivity index (χ4n) is 1.89. The predicted octanol–water partition coefficient (Wildman–Crippen LogP) is 1.47. The highest BCUT2D eigenvalue weighted by Crippen LogP contribution is 2.48. The highest BCUT2D eigenvalue weighted by atomic mass is 16.6. The van der Waals surface area contributed by atoms with E-state index in [2.05, 4.69) is 13.0 Å². The summed E-state index contributed by atoms with van der Waals surface area (Å²) in [5, 5.41) is 8.64. The number of fused-ring (bicyclic) bond motifs is 1. The Morgan fingerprint density at radius 1 is 1.60 bits per heavy atom. The van der Waals surface area contributed by atoms with Crippen molar-refractivity contribution in [3.63, 3.8) is 0 Å². The molecule has 1 saturated carbocycles. The van der Waals surface area contributed by atoms with Crippen molar-refractivity contribution in [1.82, 2.24) is 0 Å². The first-order chi connectivity index (χ1) is 4.74. The van der Waals surface area contributed by atoms with Crippen LogP contribution in [0.3, 0.4) is 0 Å². The SMILES string of the molecule is CC12CC(C#N)CCC1O2. The van der Waals surface area contributed by atoms with E-state index in [0.717, 1.165) is 19.3 Å². The van der Waals surface area contributed by atoms with Crippen molar-refractivity contribution in [2.45, 2.75) is 37.9 Å². The van der Waals surface area contributed by atoms with Crippen LogP contribution in [0.25, 0.3) is 0 Å². The second-order valence-electron chi connectivity index (χ2n) is 3.53. The van der Waals surface area contributed by atoms with Crippen molar-refractivity contribution in [3.05, 3.63) is 0 Å². The number of ether oxygens (including phenoxy) is 1. The average molecular weight is 137 g/mol. The molecule has 1 aliphatic heterocycles. The molecule has 0 amide bonds. The summed E-state index contributed by atoms with van der Waals surface area (Å²) < 4.78 is 5.45. The Kier molecular flexibility index (Phi) is 1.07. The molecule has 1 saturated heterocycles. The van der Waals surface area contributed by atoms with Gasteiger partial charge < -0.3 is 4.74 Å². The molecule has 2 nitrogen and oxygen atoms in total. The topological polar surface area (TPSA) is 36.3 Å². The van der Waals surface area contributed by atoms with Gasteiger partial charge in [0.1, 0.15) is 0 Å². The van der Waals surface area contributed by atoms with Crippen molar-refractivity contribution in [3.8, 4) is 6.07 Å². The fraction of sp³-hybridized carbons (Fsp3) is 0.875. The smallest absolute Gasteiger partial charge is 0.0933 e. The van der Waals surface area contributed by atoms with Crippen LogP contribution < -0.4 is 0 Å². The van der Waals surface area contributed by atoms with Gasteiger partial charge in [-0.15, -0.1) is 0 Å². The van der Waals surface area contributed by atoms with Crippen LogP contribution >= 0.6 is 0 Å². The zero-order chi connectivity index (χ0) is 7.19. The summed E-state index contributed by atoms with van der Waals surface area (Å²) in [7, 11) is 0. The molecule has 2 aliphatic rings. The van der Waals surface area contributed by atoms with Gasteiger partial charge in [-0.05, 0) is 26.2 Å². The molecule has 3 atom stereocenters. The van der Waals surface area contributed by atoms with Crippen LogP contribution in [0.1, 0.15) is 26.2 Å². The van der Waals surface area contributed by atoms with Gasteiger partial charge in [0.2, 0.25) is 0 Å². The van der Waals surface area contributed by atoms with E-state index in [-0.39, 0.29) is 11.5 Å². The molecule has 0 bridgehead atoms. The normalized spacial score (nSPS) is 51.2. The summed E-state index contributed by atoms with van der Waals surface area (Å²) >= 11 is 0. The largest absolute Gasteiger partial charge is 0.366 e. The predicted molar refractivity (Wildman–Crippen MR) is 36.2 cm³/mol. The minimum absolute atomic E-state index is 0.0959. The lowest BCUT2D eigenvalue weighted by molar-refractivity contribution is 0.292. The lowest BCUT2D eigenvalue weighted by atomic mass is 9.83. The summed E-state index contributed by atoms with van der Waals surface area (Å²) in [5.74, 6) is 0.253. The summed E-state index contributed by atoms with van der Waals surface area (Å²) in [4.78, 5) is 0. The van der Waals surface area contributed by atoms with Gasteiger partial charge in [-0.3, -0.25) is 0 Å². The number of epoxide rings is 1. The lowest BCUT2D eigenvalue weighted by Gasteiger charge is -2.16. The quantitative estimate of drug-likeness (QED) is 0.474. The fourth-order valence-corrected chi connectivity index (χ4v) is 1.89. The number of hydrogen-bond acceptors (Lipinski definition) is 2. The molecule has 1 aliphatic carbocycles. The third kappa shape index (κ3) is 0.741. The Balaban J connectivity index is 2.04. The third-order valence-corrected chi connectivity index (χ3v) is 2.65. The molecular weight excluding hydrogens is 126 g/mol. The zero-order valence-electron chi connectivity index (χ0n) is 6.13. The van der Waals surface area contributed by atoms with Crippen LogP contribution in [0.5, 0.6) is 0 Å². The maximum Gasteiger partial charge on any atom is 0.0933 e. The molecule has 2 heteroatoms. The monoisotopic (exact) mass is 137 g/mol. The average Bonchev–Trinajstić information content (AvgIpc) is 2.58. The first-order valence-corrected chi connectivity index (χ1v) is 3.82. The molecule has 2 rings (SSSR count). The van der Waals surface area contributed by atoms with E-state index in [1.54, 1.807) is 0 Å². The second kappa shape index (κ2) is 1.73. The van der Waals surface area contributed by atoms with E-state index < -0.39 is 0 Å². The van der Waals surface area contributed by atoms with Crippen LogP contribution in [-0.2, 0) is 4.74 Å². The van der Waals surface area contributed by atoms with E-state index in [0.29, 0.717) is 6.10 Å². The lowest BCUT2D eigenvalue weighted by Crippen LogP contribution is -2.21. The van der Waals surface area contributed by atoms with E-state index in [4.69, 9.17) is 10.00 Å². The van der Waals surface area contributed by atoms with E-state index in [1.807, 2.05) is 0 Å². The summed E-state index contributed by atoms with van der Waals surface area (Å²) in [6, 6.07) is 2.31. The standard InChI is InChI=1S/C8H11NO/c1-8-4-6(5-9)2-3-7(8)10-8/h6-7H,2-4H2,1H3. The molecular formula is C8H11NO. The third-order valence-electron chi connectivity index (χ3n) is 2.65. The van der Waals surface area contributed by atoms with Gasteiger partial charge in [0.15, 0.2) is 0 Å². The summed E-state index contributed by atoms with van der Waals surface area (Å²) in [5.41, 5.74) is 0.0959. The Morgan fingerprint density at radius 2 is 2.40 bits per heavy atom. The molecule has 1 heterocycles. The van der Waals surface area contributed by atoms with Gasteiger partial charge in [0, 0.05) is 5.92 Å². The second-order valence-corrected chi connectivity index (χ2v) is 3.53. The van der Waals surface area contributed by atoms with E-state index in [1.165, 1.54) is 0 Å². The van der Waals surface area contributed by atoms with Gasteiger partial charge >= 0.3 is 0 Å². The van der Waals surface area contributed by atoms with Crippen LogP contribution in [-0.4, -0.2) is 11.7 Å². The summed E-state index contributed by atoms with van der Waals surface area (Å²) in [6.45, 7) is 2.11. The first kappa shape index (κ1) is 6.18. The zero-order valence-corrected chi connectivity index (χ0v) is 6.13. The van der Waals surface area contributed by atoms with Crippen molar-refractivity contribution >= 4 is 0 Å². The highest BCUT2D eigenvalue weighted by Gasteiger charge is 2.55.